The van der Waals surface area contributed by atoms with Crippen molar-refractivity contribution in [2.75, 3.05) is 20.1 Å². The number of carbonyl (C=O) groups is 1. The van der Waals surface area contributed by atoms with E-state index in [0.29, 0.717) is 0 Å². The summed E-state index contributed by atoms with van der Waals surface area (Å²) in [5.74, 6) is 0.155. The van der Waals surface area contributed by atoms with Gasteiger partial charge in [-0.15, -0.1) is 0 Å². The number of nitrogens with one attached hydrogen (secondary N) is 1. The predicted molar refractivity (Wildman–Crippen MR) is 80.2 cm³/mol. The van der Waals surface area contributed by atoms with E-state index in [1.54, 1.807) is 0 Å². The van der Waals surface area contributed by atoms with Crippen LogP contribution in [0.5, 0.6) is 0 Å². The van der Waals surface area contributed by atoms with E-state index >= 15 is 0 Å². The molecule has 0 unspecified atom stereocenters. The van der Waals surface area contributed by atoms with Crippen LogP contribution in [0, 0.1) is 0 Å². The Bertz CT molecular complexity index is 387. The van der Waals surface area contributed by atoms with Crippen molar-refractivity contribution in [1.82, 2.24) is 10.2 Å². The number of rotatable bonds is 7. The summed E-state index contributed by atoms with van der Waals surface area (Å²) in [4.78, 5) is 14.1. The molecule has 0 aliphatic rings. The van der Waals surface area contributed by atoms with Crippen LogP contribution in [0.3, 0.4) is 0 Å². The minimum atomic E-state index is -0.476. The van der Waals surface area contributed by atoms with Crippen molar-refractivity contribution in [2.45, 2.75) is 39.2 Å². The molecule has 0 aromatic heterocycles. The number of hydrogen-bond donors (Lipinski definition) is 1. The predicted octanol–water partition coefficient (Wildman–Crippen LogP) is 2.47. The van der Waals surface area contributed by atoms with Gasteiger partial charge in [-0.25, -0.2) is 0 Å². The summed E-state index contributed by atoms with van der Waals surface area (Å²) in [5, 5.41) is 3.22. The van der Waals surface area contributed by atoms with Gasteiger partial charge in [0.25, 0.3) is 0 Å². The van der Waals surface area contributed by atoms with Gasteiger partial charge in [-0.3, -0.25) is 4.79 Å². The van der Waals surface area contributed by atoms with E-state index in [1.807, 2.05) is 38.8 Å². The third-order valence-electron chi connectivity index (χ3n) is 3.30. The van der Waals surface area contributed by atoms with Gasteiger partial charge in [0, 0.05) is 13.6 Å². The van der Waals surface area contributed by atoms with Crippen LogP contribution in [-0.4, -0.2) is 36.5 Å². The third kappa shape index (κ3) is 5.03. The van der Waals surface area contributed by atoms with Crippen molar-refractivity contribution in [3.8, 4) is 0 Å². The lowest BCUT2D eigenvalue weighted by atomic mass is 10.0. The first-order chi connectivity index (χ1) is 8.97. The highest BCUT2D eigenvalue weighted by atomic mass is 16.2. The van der Waals surface area contributed by atoms with Crippen molar-refractivity contribution < 1.29 is 4.79 Å². The average Bonchev–Trinajstić information content (AvgIpc) is 2.39. The number of nitrogens with zero attached hydrogens (tertiary/aromatic N) is 1. The molecule has 1 aromatic rings. The van der Waals surface area contributed by atoms with Gasteiger partial charge >= 0.3 is 0 Å². The summed E-state index contributed by atoms with van der Waals surface area (Å²) in [6.07, 6.45) is 2.01. The van der Waals surface area contributed by atoms with Crippen LogP contribution in [0.4, 0.5) is 0 Å². The molecule has 0 aliphatic carbocycles. The van der Waals surface area contributed by atoms with Gasteiger partial charge in [0.2, 0.25) is 5.91 Å². The maximum Gasteiger partial charge on any atom is 0.242 e. The van der Waals surface area contributed by atoms with Crippen molar-refractivity contribution in [3.63, 3.8) is 0 Å². The fourth-order valence-electron chi connectivity index (χ4n) is 2.26. The maximum absolute atomic E-state index is 12.3. The largest absolute Gasteiger partial charge is 0.344 e. The molecule has 0 spiro atoms. The number of amides is 1. The van der Waals surface area contributed by atoms with Crippen LogP contribution >= 0.6 is 0 Å². The fourth-order valence-corrected chi connectivity index (χ4v) is 2.26. The molecule has 19 heavy (non-hydrogen) atoms. The van der Waals surface area contributed by atoms with Crippen molar-refractivity contribution in [3.05, 3.63) is 35.9 Å². The van der Waals surface area contributed by atoms with Crippen LogP contribution in [0.25, 0.3) is 0 Å². The smallest absolute Gasteiger partial charge is 0.242 e. The minimum Gasteiger partial charge on any atom is -0.344 e. The Balaban J connectivity index is 2.39. The zero-order chi connectivity index (χ0) is 14.3. The number of carbonyl (C=O) groups excluding carboxylic acids is 1. The lowest BCUT2D eigenvalue weighted by Crippen LogP contribution is -2.53. The molecule has 0 heterocycles. The molecule has 1 N–H and O–H groups in total. The fraction of sp³-hybridized carbons (Fsp3) is 0.562. The molecule has 1 rings (SSSR count). The van der Waals surface area contributed by atoms with Gasteiger partial charge in [-0.1, -0.05) is 37.3 Å². The highest BCUT2D eigenvalue weighted by Crippen LogP contribution is 2.08. The number of aryl methyl sites for hydroxylation is 1. The van der Waals surface area contributed by atoms with E-state index in [9.17, 15) is 4.79 Å². The first-order valence-corrected chi connectivity index (χ1v) is 7.02. The molecular formula is C16H26N2O. The number of likely N-dealkylation sites (N-methyl/N-ethyl adjacent to an activating group) is 2. The molecule has 0 saturated carbocycles. The standard InChI is InChI=1S/C16H26N2O/c1-5-17-16(2,3)15(19)18(4)13-9-12-14-10-7-6-8-11-14/h6-8,10-11,17H,5,9,12-13H2,1-4H3. The first-order valence-electron chi connectivity index (χ1n) is 7.02. The Hall–Kier alpha value is -1.35. The normalized spacial score (nSPS) is 11.4. The van der Waals surface area contributed by atoms with E-state index < -0.39 is 5.54 Å². The zero-order valence-corrected chi connectivity index (χ0v) is 12.6. The molecule has 0 bridgehead atoms. The van der Waals surface area contributed by atoms with Crippen molar-refractivity contribution in [2.24, 2.45) is 0 Å². The molecule has 0 saturated heterocycles. The summed E-state index contributed by atoms with van der Waals surface area (Å²) in [5.41, 5.74) is 0.852. The van der Waals surface area contributed by atoms with Crippen LogP contribution in [0.15, 0.2) is 30.3 Å². The Morgan fingerprint density at radius 2 is 1.89 bits per heavy atom. The molecule has 0 aliphatic heterocycles. The van der Waals surface area contributed by atoms with Gasteiger partial charge in [-0.2, -0.15) is 0 Å². The summed E-state index contributed by atoms with van der Waals surface area (Å²) in [6.45, 7) is 7.49. The highest BCUT2D eigenvalue weighted by molar-refractivity contribution is 5.85. The van der Waals surface area contributed by atoms with Gasteiger partial charge < -0.3 is 10.2 Å². The van der Waals surface area contributed by atoms with Crippen LogP contribution in [0.1, 0.15) is 32.8 Å². The van der Waals surface area contributed by atoms with Crippen molar-refractivity contribution in [1.29, 1.82) is 0 Å². The van der Waals surface area contributed by atoms with E-state index in [0.717, 1.165) is 25.9 Å². The third-order valence-corrected chi connectivity index (χ3v) is 3.30. The van der Waals surface area contributed by atoms with E-state index in [1.165, 1.54) is 5.56 Å². The van der Waals surface area contributed by atoms with Crippen LogP contribution in [-0.2, 0) is 11.2 Å². The SMILES string of the molecule is CCNC(C)(C)C(=O)N(C)CCCc1ccccc1. The molecule has 106 valence electrons. The minimum absolute atomic E-state index is 0.155. The van der Waals surface area contributed by atoms with E-state index in [4.69, 9.17) is 0 Å². The second-order valence-electron chi connectivity index (χ2n) is 5.47. The van der Waals surface area contributed by atoms with Gasteiger partial charge in [0.05, 0.1) is 5.54 Å². The average molecular weight is 262 g/mol. The number of benzene rings is 1. The van der Waals surface area contributed by atoms with Crippen molar-refractivity contribution >= 4 is 5.91 Å². The second kappa shape index (κ2) is 7.29. The Morgan fingerprint density at radius 3 is 2.47 bits per heavy atom. The zero-order valence-electron chi connectivity index (χ0n) is 12.6. The number of hydrogen-bond acceptors (Lipinski definition) is 2. The Kier molecular flexibility index (Phi) is 6.03. The molecule has 1 aromatic carbocycles. The van der Waals surface area contributed by atoms with Gasteiger partial charge in [-0.05, 0) is 38.8 Å². The first kappa shape index (κ1) is 15.7. The van der Waals surface area contributed by atoms with E-state index in [2.05, 4.69) is 29.6 Å². The topological polar surface area (TPSA) is 32.3 Å². The molecule has 0 fully saturated rings. The van der Waals surface area contributed by atoms with Gasteiger partial charge in [0.15, 0.2) is 0 Å². The maximum atomic E-state index is 12.3. The molecule has 3 heteroatoms. The molecule has 0 atom stereocenters. The van der Waals surface area contributed by atoms with Crippen LogP contribution in [0.2, 0.25) is 0 Å². The van der Waals surface area contributed by atoms with E-state index in [-0.39, 0.29) is 5.91 Å². The summed E-state index contributed by atoms with van der Waals surface area (Å²) >= 11 is 0. The summed E-state index contributed by atoms with van der Waals surface area (Å²) < 4.78 is 0. The molecule has 3 nitrogen and oxygen atoms in total. The molecular weight excluding hydrogens is 236 g/mol. The lowest BCUT2D eigenvalue weighted by Gasteiger charge is -2.30. The van der Waals surface area contributed by atoms with Gasteiger partial charge in [0.1, 0.15) is 0 Å². The van der Waals surface area contributed by atoms with Crippen LogP contribution < -0.4 is 5.32 Å². The second-order valence-corrected chi connectivity index (χ2v) is 5.47. The summed E-state index contributed by atoms with van der Waals surface area (Å²) in [6, 6.07) is 10.4. The summed E-state index contributed by atoms with van der Waals surface area (Å²) in [7, 11) is 1.88. The highest BCUT2D eigenvalue weighted by Gasteiger charge is 2.28. The molecule has 1 amide bonds. The lowest BCUT2D eigenvalue weighted by molar-refractivity contribution is -0.135. The quantitative estimate of drug-likeness (QED) is 0.818. The molecule has 0 radical (unpaired) electrons. The monoisotopic (exact) mass is 262 g/mol. The Morgan fingerprint density at radius 1 is 1.26 bits per heavy atom. The Labute approximate surface area is 117 Å².